The average Bonchev–Trinajstić information content (AvgIpc) is 2.57. The molecule has 0 N–H and O–H groups in total. The van der Waals surface area contributed by atoms with Crippen molar-refractivity contribution in [3.8, 4) is 16.9 Å². The van der Waals surface area contributed by atoms with E-state index in [0.717, 1.165) is 40.9 Å². The summed E-state index contributed by atoms with van der Waals surface area (Å²) in [5, 5.41) is 1.29. The molecular formula is C20H18Cl2O. The first kappa shape index (κ1) is 16.2. The van der Waals surface area contributed by atoms with Crippen molar-refractivity contribution in [1.82, 2.24) is 0 Å². The first-order valence-electron chi connectivity index (χ1n) is 7.60. The summed E-state index contributed by atoms with van der Waals surface area (Å²) in [6.07, 6.45) is 3.77. The molecule has 3 heteroatoms. The van der Waals surface area contributed by atoms with Gasteiger partial charge in [-0.25, -0.2) is 0 Å². The fourth-order valence-corrected chi connectivity index (χ4v) is 3.40. The highest BCUT2D eigenvalue weighted by atomic mass is 35.5. The van der Waals surface area contributed by atoms with Crippen molar-refractivity contribution in [1.29, 1.82) is 0 Å². The van der Waals surface area contributed by atoms with Crippen LogP contribution >= 0.6 is 23.2 Å². The lowest BCUT2D eigenvalue weighted by Gasteiger charge is -2.19. The number of methoxy groups -OCH3 is 1. The Kier molecular flexibility index (Phi) is 4.79. The van der Waals surface area contributed by atoms with Crippen molar-refractivity contribution in [2.24, 2.45) is 0 Å². The Hall–Kier alpha value is -1.70. The van der Waals surface area contributed by atoms with Gasteiger partial charge in [-0.3, -0.25) is 0 Å². The van der Waals surface area contributed by atoms with Crippen LogP contribution in [0.3, 0.4) is 0 Å². The number of hydrogen-bond acceptors (Lipinski definition) is 1. The molecule has 0 spiro atoms. The van der Waals surface area contributed by atoms with Gasteiger partial charge in [-0.05, 0) is 54.2 Å². The van der Waals surface area contributed by atoms with Crippen molar-refractivity contribution in [2.75, 3.05) is 7.11 Å². The highest BCUT2D eigenvalue weighted by molar-refractivity contribution is 6.46. The molecule has 0 atom stereocenters. The summed E-state index contributed by atoms with van der Waals surface area (Å²) >= 11 is 12.7. The number of allylic oxidation sites excluding steroid dienone is 4. The van der Waals surface area contributed by atoms with E-state index in [1.165, 1.54) is 5.56 Å². The zero-order valence-corrected chi connectivity index (χ0v) is 14.7. The van der Waals surface area contributed by atoms with Crippen molar-refractivity contribution in [3.05, 3.63) is 69.7 Å². The minimum absolute atomic E-state index is 0.638. The zero-order chi connectivity index (χ0) is 16.4. The molecule has 0 amide bonds. The van der Waals surface area contributed by atoms with Crippen LogP contribution in [0.25, 0.3) is 16.7 Å². The van der Waals surface area contributed by atoms with Gasteiger partial charge in [0.1, 0.15) is 5.75 Å². The Morgan fingerprint density at radius 2 is 1.83 bits per heavy atom. The lowest BCUT2D eigenvalue weighted by Crippen LogP contribution is -1.97. The molecule has 0 aliphatic heterocycles. The van der Waals surface area contributed by atoms with Crippen LogP contribution in [-0.4, -0.2) is 7.11 Å². The summed E-state index contributed by atoms with van der Waals surface area (Å²) in [6, 6.07) is 14.6. The van der Waals surface area contributed by atoms with Crippen LogP contribution in [0.1, 0.15) is 24.0 Å². The predicted octanol–water partition coefficient (Wildman–Crippen LogP) is 6.54. The van der Waals surface area contributed by atoms with Gasteiger partial charge in [-0.15, -0.1) is 0 Å². The molecule has 3 rings (SSSR count). The Balaban J connectivity index is 2.22. The smallest absolute Gasteiger partial charge is 0.119 e. The lowest BCUT2D eigenvalue weighted by molar-refractivity contribution is 0.415. The Morgan fingerprint density at radius 3 is 2.57 bits per heavy atom. The fraction of sp³-hybridized carbons (Fsp3) is 0.200. The molecule has 1 nitrogen and oxygen atoms in total. The predicted molar refractivity (Wildman–Crippen MR) is 99.1 cm³/mol. The summed E-state index contributed by atoms with van der Waals surface area (Å²) in [4.78, 5) is 0. The van der Waals surface area contributed by atoms with Crippen LogP contribution in [-0.2, 0) is 0 Å². The minimum atomic E-state index is 0.638. The van der Waals surface area contributed by atoms with Gasteiger partial charge in [0, 0.05) is 0 Å². The van der Waals surface area contributed by atoms with E-state index in [2.05, 4.69) is 43.3 Å². The molecular weight excluding hydrogens is 327 g/mol. The van der Waals surface area contributed by atoms with Gasteiger partial charge in [0.05, 0.1) is 17.2 Å². The van der Waals surface area contributed by atoms with Crippen molar-refractivity contribution >= 4 is 28.8 Å². The van der Waals surface area contributed by atoms with E-state index in [1.54, 1.807) is 7.11 Å². The van der Waals surface area contributed by atoms with Crippen LogP contribution < -0.4 is 4.74 Å². The molecule has 1 aliphatic rings. The topological polar surface area (TPSA) is 9.23 Å². The van der Waals surface area contributed by atoms with E-state index >= 15 is 0 Å². The van der Waals surface area contributed by atoms with E-state index in [0.29, 0.717) is 10.1 Å². The maximum absolute atomic E-state index is 6.48. The number of aryl methyl sites for hydroxylation is 1. The van der Waals surface area contributed by atoms with Gasteiger partial charge in [-0.2, -0.15) is 0 Å². The Labute approximate surface area is 147 Å². The summed E-state index contributed by atoms with van der Waals surface area (Å²) in [7, 11) is 1.68. The molecule has 0 saturated heterocycles. The molecule has 23 heavy (non-hydrogen) atoms. The Bertz CT molecular complexity index is 803. The maximum Gasteiger partial charge on any atom is 0.119 e. The molecule has 0 fully saturated rings. The van der Waals surface area contributed by atoms with Crippen molar-refractivity contribution in [3.63, 3.8) is 0 Å². The second-order valence-corrected chi connectivity index (χ2v) is 6.45. The number of halogens is 2. The molecule has 0 heterocycles. The SMILES string of the molecule is COc1ccc(C2=C(Cl)C(Cl)=CCC2)c(-c2cccc(C)c2)c1. The second kappa shape index (κ2) is 6.82. The van der Waals surface area contributed by atoms with Crippen LogP contribution in [0.4, 0.5) is 0 Å². The van der Waals surface area contributed by atoms with Gasteiger partial charge in [0.2, 0.25) is 0 Å². The van der Waals surface area contributed by atoms with Crippen LogP contribution in [0.5, 0.6) is 5.75 Å². The monoisotopic (exact) mass is 344 g/mol. The highest BCUT2D eigenvalue weighted by Gasteiger charge is 2.18. The quantitative estimate of drug-likeness (QED) is 0.614. The Morgan fingerprint density at radius 1 is 1.00 bits per heavy atom. The summed E-state index contributed by atoms with van der Waals surface area (Å²) in [5.74, 6) is 0.833. The third kappa shape index (κ3) is 3.31. The molecule has 2 aromatic carbocycles. The van der Waals surface area contributed by atoms with E-state index in [4.69, 9.17) is 27.9 Å². The molecule has 0 saturated carbocycles. The van der Waals surface area contributed by atoms with E-state index in [9.17, 15) is 0 Å². The normalized spacial score (nSPS) is 14.7. The van der Waals surface area contributed by atoms with Crippen LogP contribution in [0.15, 0.2) is 58.6 Å². The summed E-state index contributed by atoms with van der Waals surface area (Å²) < 4.78 is 5.41. The van der Waals surface area contributed by atoms with Gasteiger partial charge >= 0.3 is 0 Å². The molecule has 0 radical (unpaired) electrons. The summed E-state index contributed by atoms with van der Waals surface area (Å²) in [6.45, 7) is 2.09. The average molecular weight is 345 g/mol. The summed E-state index contributed by atoms with van der Waals surface area (Å²) in [5.41, 5.74) is 5.71. The number of benzene rings is 2. The molecule has 118 valence electrons. The molecule has 0 unspecified atom stereocenters. The minimum Gasteiger partial charge on any atom is -0.497 e. The number of ether oxygens (including phenoxy) is 1. The molecule has 1 aliphatic carbocycles. The maximum atomic E-state index is 6.48. The zero-order valence-electron chi connectivity index (χ0n) is 13.2. The fourth-order valence-electron chi connectivity index (χ4n) is 2.90. The largest absolute Gasteiger partial charge is 0.497 e. The van der Waals surface area contributed by atoms with Crippen molar-refractivity contribution < 1.29 is 4.74 Å². The van der Waals surface area contributed by atoms with E-state index in [1.807, 2.05) is 12.1 Å². The number of rotatable bonds is 3. The van der Waals surface area contributed by atoms with Gasteiger partial charge in [0.15, 0.2) is 0 Å². The van der Waals surface area contributed by atoms with Crippen LogP contribution in [0.2, 0.25) is 0 Å². The lowest BCUT2D eigenvalue weighted by atomic mass is 9.89. The van der Waals surface area contributed by atoms with Gasteiger partial charge < -0.3 is 4.74 Å². The number of hydrogen-bond donors (Lipinski definition) is 0. The molecule has 2 aromatic rings. The second-order valence-electron chi connectivity index (χ2n) is 5.66. The van der Waals surface area contributed by atoms with Gasteiger partial charge in [0.25, 0.3) is 0 Å². The van der Waals surface area contributed by atoms with E-state index in [-0.39, 0.29) is 0 Å². The third-order valence-corrected chi connectivity index (χ3v) is 4.95. The molecule has 0 bridgehead atoms. The van der Waals surface area contributed by atoms with Gasteiger partial charge in [-0.1, -0.05) is 65.2 Å². The van der Waals surface area contributed by atoms with Crippen molar-refractivity contribution in [2.45, 2.75) is 19.8 Å². The highest BCUT2D eigenvalue weighted by Crippen LogP contribution is 2.41. The molecule has 0 aromatic heterocycles. The van der Waals surface area contributed by atoms with Crippen LogP contribution in [0, 0.1) is 6.92 Å². The standard InChI is InChI=1S/C20H18Cl2O/c1-13-5-3-6-14(11-13)18-12-15(23-2)9-10-16(18)17-7-4-8-19(21)20(17)22/h3,5-6,8-12H,4,7H2,1-2H3. The van der Waals surface area contributed by atoms with E-state index < -0.39 is 0 Å². The third-order valence-electron chi connectivity index (χ3n) is 4.07. The first-order chi connectivity index (χ1) is 11.1. The first-order valence-corrected chi connectivity index (χ1v) is 8.36.